The van der Waals surface area contributed by atoms with Gasteiger partial charge in [0.15, 0.2) is 0 Å². The van der Waals surface area contributed by atoms with Gasteiger partial charge >= 0.3 is 0 Å². The van der Waals surface area contributed by atoms with E-state index in [1.54, 1.807) is 31.4 Å². The van der Waals surface area contributed by atoms with Crippen LogP contribution in [-0.4, -0.2) is 54.7 Å². The molecule has 1 N–H and O–H groups in total. The number of benzene rings is 2. The molecule has 0 bridgehead atoms. The molecule has 1 fully saturated rings. The SMILES string of the molecule is CCOc1cccc(C2/C(=C(\O)c3ccc(OC)c(C)c3)C(=O)C(=O)N2CCOC(C)C)c1. The first-order valence-electron chi connectivity index (χ1n) is 11.1. The summed E-state index contributed by atoms with van der Waals surface area (Å²) < 4.78 is 16.6. The number of methoxy groups -OCH3 is 1. The molecule has 1 aliphatic rings. The number of carbonyl (C=O) groups excluding carboxylic acids is 2. The minimum Gasteiger partial charge on any atom is -0.507 e. The normalized spacial score (nSPS) is 17.6. The van der Waals surface area contributed by atoms with Crippen molar-refractivity contribution >= 4 is 17.4 Å². The van der Waals surface area contributed by atoms with Crippen LogP contribution in [0.2, 0.25) is 0 Å². The lowest BCUT2D eigenvalue weighted by atomic mass is 9.94. The smallest absolute Gasteiger partial charge is 0.295 e. The van der Waals surface area contributed by atoms with Crippen molar-refractivity contribution in [3.8, 4) is 11.5 Å². The van der Waals surface area contributed by atoms with E-state index in [9.17, 15) is 14.7 Å². The summed E-state index contributed by atoms with van der Waals surface area (Å²) in [5, 5.41) is 11.2. The molecule has 1 saturated heterocycles. The van der Waals surface area contributed by atoms with E-state index in [1.807, 2.05) is 45.9 Å². The van der Waals surface area contributed by atoms with Crippen LogP contribution in [0.3, 0.4) is 0 Å². The van der Waals surface area contributed by atoms with Crippen molar-refractivity contribution in [2.45, 2.75) is 39.8 Å². The Morgan fingerprint density at radius 1 is 1.15 bits per heavy atom. The highest BCUT2D eigenvalue weighted by Gasteiger charge is 2.46. The van der Waals surface area contributed by atoms with Crippen molar-refractivity contribution < 1.29 is 28.9 Å². The Morgan fingerprint density at radius 2 is 1.91 bits per heavy atom. The Balaban J connectivity index is 2.12. The van der Waals surface area contributed by atoms with Crippen molar-refractivity contribution in [3.05, 3.63) is 64.7 Å². The first kappa shape index (κ1) is 24.3. The molecular weight excluding hydrogens is 422 g/mol. The predicted molar refractivity (Wildman–Crippen MR) is 125 cm³/mol. The van der Waals surface area contributed by atoms with Gasteiger partial charge in [0, 0.05) is 12.1 Å². The summed E-state index contributed by atoms with van der Waals surface area (Å²) in [7, 11) is 1.57. The van der Waals surface area contributed by atoms with Gasteiger partial charge in [0.05, 0.1) is 38.0 Å². The molecule has 0 aliphatic carbocycles. The highest BCUT2D eigenvalue weighted by Crippen LogP contribution is 2.40. The van der Waals surface area contributed by atoms with Gasteiger partial charge in [0.2, 0.25) is 0 Å². The van der Waals surface area contributed by atoms with Crippen molar-refractivity contribution in [2.24, 2.45) is 0 Å². The van der Waals surface area contributed by atoms with Gasteiger partial charge in [0.25, 0.3) is 11.7 Å². The van der Waals surface area contributed by atoms with Gasteiger partial charge in [-0.05, 0) is 69.2 Å². The Labute approximate surface area is 194 Å². The van der Waals surface area contributed by atoms with Crippen LogP contribution in [0.1, 0.15) is 43.5 Å². The zero-order valence-electron chi connectivity index (χ0n) is 19.8. The number of ketones is 1. The molecule has 7 heteroatoms. The molecule has 1 amide bonds. The van der Waals surface area contributed by atoms with Crippen LogP contribution in [0.4, 0.5) is 0 Å². The topological polar surface area (TPSA) is 85.3 Å². The van der Waals surface area contributed by atoms with Crippen LogP contribution in [0, 0.1) is 6.92 Å². The lowest BCUT2D eigenvalue weighted by Gasteiger charge is -2.26. The van der Waals surface area contributed by atoms with E-state index in [-0.39, 0.29) is 30.6 Å². The summed E-state index contributed by atoms with van der Waals surface area (Å²) in [5.74, 6) is -0.324. The highest BCUT2D eigenvalue weighted by atomic mass is 16.5. The van der Waals surface area contributed by atoms with Gasteiger partial charge in [-0.2, -0.15) is 0 Å². The van der Waals surface area contributed by atoms with E-state index in [4.69, 9.17) is 14.2 Å². The zero-order valence-corrected chi connectivity index (χ0v) is 19.8. The Bertz CT molecular complexity index is 1060. The molecule has 1 heterocycles. The quantitative estimate of drug-likeness (QED) is 0.347. The second-order valence-corrected chi connectivity index (χ2v) is 8.10. The van der Waals surface area contributed by atoms with Gasteiger partial charge in [-0.15, -0.1) is 0 Å². The highest BCUT2D eigenvalue weighted by molar-refractivity contribution is 6.46. The van der Waals surface area contributed by atoms with Gasteiger partial charge < -0.3 is 24.2 Å². The van der Waals surface area contributed by atoms with Crippen molar-refractivity contribution in [3.63, 3.8) is 0 Å². The fourth-order valence-corrected chi connectivity index (χ4v) is 3.97. The minimum absolute atomic E-state index is 0.0103. The first-order chi connectivity index (χ1) is 15.8. The van der Waals surface area contributed by atoms with Crippen molar-refractivity contribution in [2.75, 3.05) is 26.9 Å². The molecule has 7 nitrogen and oxygen atoms in total. The van der Waals surface area contributed by atoms with Gasteiger partial charge in [-0.1, -0.05) is 12.1 Å². The van der Waals surface area contributed by atoms with E-state index in [2.05, 4.69) is 0 Å². The number of amides is 1. The molecule has 0 spiro atoms. The number of carbonyl (C=O) groups is 2. The number of likely N-dealkylation sites (tertiary alicyclic amines) is 1. The molecule has 3 rings (SSSR count). The molecule has 1 unspecified atom stereocenters. The molecule has 1 atom stereocenters. The Morgan fingerprint density at radius 3 is 2.55 bits per heavy atom. The molecule has 176 valence electrons. The number of hydrogen-bond acceptors (Lipinski definition) is 6. The van der Waals surface area contributed by atoms with Gasteiger partial charge in [-0.3, -0.25) is 9.59 Å². The number of ether oxygens (including phenoxy) is 3. The summed E-state index contributed by atoms with van der Waals surface area (Å²) in [6.45, 7) is 8.51. The molecular formula is C26H31NO6. The molecule has 2 aromatic carbocycles. The lowest BCUT2D eigenvalue weighted by molar-refractivity contribution is -0.140. The molecule has 1 aliphatic heterocycles. The standard InChI is InChI=1S/C26H31NO6/c1-6-32-20-9-7-8-18(15-20)23-22(24(28)19-10-11-21(31-5)17(4)14-19)25(29)26(30)27(23)12-13-33-16(2)3/h7-11,14-16,23,28H,6,12-13H2,1-5H3/b24-22+. The van der Waals surface area contributed by atoms with Crippen molar-refractivity contribution in [1.82, 2.24) is 4.90 Å². The summed E-state index contributed by atoms with van der Waals surface area (Å²) in [5.41, 5.74) is 1.96. The van der Waals surface area contributed by atoms with Crippen molar-refractivity contribution in [1.29, 1.82) is 0 Å². The lowest BCUT2D eigenvalue weighted by Crippen LogP contribution is -2.33. The number of rotatable bonds is 9. The third kappa shape index (κ3) is 5.20. The van der Waals surface area contributed by atoms with Crippen LogP contribution < -0.4 is 9.47 Å². The third-order valence-corrected chi connectivity index (χ3v) is 5.48. The summed E-state index contributed by atoms with van der Waals surface area (Å²) >= 11 is 0. The second kappa shape index (κ2) is 10.5. The summed E-state index contributed by atoms with van der Waals surface area (Å²) in [6.07, 6.45) is -0.0103. The average molecular weight is 454 g/mol. The van der Waals surface area contributed by atoms with Crippen LogP contribution >= 0.6 is 0 Å². The maximum atomic E-state index is 13.1. The fourth-order valence-electron chi connectivity index (χ4n) is 3.97. The maximum Gasteiger partial charge on any atom is 0.295 e. The summed E-state index contributed by atoms with van der Waals surface area (Å²) in [6, 6.07) is 11.6. The Kier molecular flexibility index (Phi) is 7.76. The third-order valence-electron chi connectivity index (χ3n) is 5.48. The van der Waals surface area contributed by atoms with E-state index < -0.39 is 17.7 Å². The second-order valence-electron chi connectivity index (χ2n) is 8.10. The van der Waals surface area contributed by atoms with E-state index in [0.717, 1.165) is 5.56 Å². The summed E-state index contributed by atoms with van der Waals surface area (Å²) in [4.78, 5) is 27.6. The van der Waals surface area contributed by atoms with Crippen LogP contribution in [0.5, 0.6) is 11.5 Å². The molecule has 0 radical (unpaired) electrons. The first-order valence-corrected chi connectivity index (χ1v) is 11.1. The molecule has 0 saturated carbocycles. The molecule has 33 heavy (non-hydrogen) atoms. The zero-order chi connectivity index (χ0) is 24.1. The van der Waals surface area contributed by atoms with E-state index >= 15 is 0 Å². The van der Waals surface area contributed by atoms with E-state index in [1.165, 1.54) is 4.90 Å². The monoisotopic (exact) mass is 453 g/mol. The number of nitrogens with zero attached hydrogens (tertiary/aromatic N) is 1. The van der Waals surface area contributed by atoms with Gasteiger partial charge in [-0.25, -0.2) is 0 Å². The van der Waals surface area contributed by atoms with Crippen LogP contribution in [0.25, 0.3) is 5.76 Å². The maximum absolute atomic E-state index is 13.1. The predicted octanol–water partition coefficient (Wildman–Crippen LogP) is 4.25. The number of aliphatic hydroxyl groups excluding tert-OH is 1. The number of aliphatic hydroxyl groups is 1. The molecule has 0 aromatic heterocycles. The number of hydrogen-bond donors (Lipinski definition) is 1. The minimum atomic E-state index is -0.761. The molecule has 2 aromatic rings. The number of aryl methyl sites for hydroxylation is 1. The van der Waals surface area contributed by atoms with Crippen LogP contribution in [0.15, 0.2) is 48.0 Å². The Hall–Kier alpha value is -3.32. The number of Topliss-reactive ketones (excluding diaryl/α,β-unsaturated/α-hetero) is 1. The van der Waals surface area contributed by atoms with Crippen LogP contribution in [-0.2, 0) is 14.3 Å². The van der Waals surface area contributed by atoms with Gasteiger partial charge in [0.1, 0.15) is 17.3 Å². The average Bonchev–Trinajstić information content (AvgIpc) is 3.04. The van der Waals surface area contributed by atoms with E-state index in [0.29, 0.717) is 29.2 Å². The largest absolute Gasteiger partial charge is 0.507 e. The fraction of sp³-hybridized carbons (Fsp3) is 0.385.